The molecule has 3 aromatic heterocycles. The zero-order valence-electron chi connectivity index (χ0n) is 24.0. The summed E-state index contributed by atoms with van der Waals surface area (Å²) >= 11 is 6.40. The van der Waals surface area contributed by atoms with Crippen LogP contribution >= 0.6 is 11.6 Å². The fourth-order valence-corrected chi connectivity index (χ4v) is 5.14. The molecule has 0 saturated heterocycles. The Bertz CT molecular complexity index is 1920. The van der Waals surface area contributed by atoms with E-state index in [0.29, 0.717) is 44.5 Å². The number of halogens is 5. The Hall–Kier alpha value is -4.93. The second-order valence-electron chi connectivity index (χ2n) is 10.4. The number of nitrogen functional groups attached to an aromatic ring is 1. The second kappa shape index (κ2) is 11.9. The van der Waals surface area contributed by atoms with E-state index in [1.165, 1.54) is 12.3 Å². The van der Waals surface area contributed by atoms with Crippen molar-refractivity contribution in [3.63, 3.8) is 0 Å². The highest BCUT2D eigenvalue weighted by molar-refractivity contribution is 6.34. The van der Waals surface area contributed by atoms with Crippen LogP contribution in [-0.4, -0.2) is 51.7 Å². The van der Waals surface area contributed by atoms with Gasteiger partial charge in [-0.05, 0) is 43.7 Å². The Labute approximate surface area is 259 Å². The Balaban J connectivity index is 1.69. The third kappa shape index (κ3) is 6.47. The molecule has 1 aliphatic rings. The van der Waals surface area contributed by atoms with Crippen molar-refractivity contribution in [2.45, 2.75) is 24.6 Å². The van der Waals surface area contributed by atoms with Crippen LogP contribution in [0.1, 0.15) is 28.9 Å². The summed E-state index contributed by atoms with van der Waals surface area (Å²) in [5.41, 5.74) is 9.46. The van der Waals surface area contributed by atoms with Gasteiger partial charge in [0, 0.05) is 36.3 Å². The van der Waals surface area contributed by atoms with Crippen LogP contribution in [0, 0.1) is 11.8 Å². The molecule has 4 aromatic rings. The minimum Gasteiger partial charge on any atom is -0.383 e. The maximum Gasteiger partial charge on any atom is 0.405 e. The predicted molar refractivity (Wildman–Crippen MR) is 164 cm³/mol. The van der Waals surface area contributed by atoms with E-state index in [1.54, 1.807) is 42.8 Å². The highest BCUT2D eigenvalue weighted by Crippen LogP contribution is 2.44. The van der Waals surface area contributed by atoms with Crippen LogP contribution in [0.15, 0.2) is 55.1 Å². The monoisotopic (exact) mass is 639 g/mol. The number of hydrogen-bond donors (Lipinski definition) is 4. The molecule has 9 nitrogen and oxygen atoms in total. The number of anilines is 2. The van der Waals surface area contributed by atoms with Gasteiger partial charge in [0.1, 0.15) is 18.1 Å². The van der Waals surface area contributed by atoms with E-state index in [2.05, 4.69) is 39.0 Å². The molecule has 0 atom stereocenters. The average molecular weight is 640 g/mol. The molecule has 5 N–H and O–H groups in total. The molecule has 3 heterocycles. The van der Waals surface area contributed by atoms with Crippen molar-refractivity contribution in [2.75, 3.05) is 24.6 Å². The number of nitrogens with one attached hydrogen (secondary N) is 3. The number of carbonyl (C=O) groups excluding carboxylic acids is 2. The zero-order valence-corrected chi connectivity index (χ0v) is 24.8. The van der Waals surface area contributed by atoms with Gasteiger partial charge in [-0.2, -0.15) is 13.2 Å². The zero-order chi connectivity index (χ0) is 32.7. The van der Waals surface area contributed by atoms with Gasteiger partial charge in [-0.25, -0.2) is 14.4 Å². The molecule has 1 aromatic carbocycles. The standard InChI is InChI=1S/C31H26ClF4N7O2/c1-16(33)28(44)42-20-6-4-17(5-7-20)25-22(19-12-21(32)24(39-14-19)29(45)41-15-31(34,35)36)23-26(43(25)3)18(13-40-27(23)37)8-9-30(38-2)10-11-30/h4-7,12-14,38H,1,10-11,15H2,2-3H3,(H2,37,40)(H,41,45)(H,42,44). The Morgan fingerprint density at radius 1 is 1.16 bits per heavy atom. The van der Waals surface area contributed by atoms with Gasteiger partial charge < -0.3 is 26.3 Å². The molecule has 2 amide bonds. The van der Waals surface area contributed by atoms with Crippen LogP contribution in [-0.2, 0) is 11.8 Å². The molecule has 1 aliphatic carbocycles. The SMILES string of the molecule is C=C(F)C(=O)Nc1ccc(-c2c(-c3cnc(C(=O)NCC(F)(F)F)c(Cl)c3)c3c(N)ncc(C#CC4(NC)CC4)c3n2C)cc1. The molecule has 0 spiro atoms. The summed E-state index contributed by atoms with van der Waals surface area (Å²) in [4.78, 5) is 32.7. The number of fused-ring (bicyclic) bond motifs is 1. The largest absolute Gasteiger partial charge is 0.405 e. The summed E-state index contributed by atoms with van der Waals surface area (Å²) in [6.45, 7) is 1.45. The van der Waals surface area contributed by atoms with E-state index >= 15 is 0 Å². The van der Waals surface area contributed by atoms with Crippen molar-refractivity contribution in [2.24, 2.45) is 7.05 Å². The van der Waals surface area contributed by atoms with Gasteiger partial charge in [-0.1, -0.05) is 42.2 Å². The molecule has 0 aliphatic heterocycles. The fourth-order valence-electron chi connectivity index (χ4n) is 4.88. The first kappa shape index (κ1) is 31.5. The van der Waals surface area contributed by atoms with Gasteiger partial charge in [0.25, 0.3) is 11.8 Å². The van der Waals surface area contributed by atoms with Crippen LogP contribution in [0.3, 0.4) is 0 Å². The lowest BCUT2D eigenvalue weighted by Gasteiger charge is -2.12. The Morgan fingerprint density at radius 2 is 1.84 bits per heavy atom. The molecule has 0 unspecified atom stereocenters. The number of carbonyl (C=O) groups is 2. The number of nitrogens with zero attached hydrogens (tertiary/aromatic N) is 3. The maximum atomic E-state index is 13.2. The molecule has 1 fully saturated rings. The third-order valence-corrected chi connectivity index (χ3v) is 7.65. The summed E-state index contributed by atoms with van der Waals surface area (Å²) in [6.07, 6.45) is 0.0716. The number of hydrogen-bond acceptors (Lipinski definition) is 6. The quantitative estimate of drug-likeness (QED) is 0.123. The van der Waals surface area contributed by atoms with Crippen LogP contribution in [0.25, 0.3) is 33.3 Å². The van der Waals surface area contributed by atoms with Crippen LogP contribution < -0.4 is 21.7 Å². The number of benzene rings is 1. The smallest absolute Gasteiger partial charge is 0.383 e. The summed E-state index contributed by atoms with van der Waals surface area (Å²) in [6, 6.07) is 7.94. The maximum absolute atomic E-state index is 13.2. The van der Waals surface area contributed by atoms with E-state index in [4.69, 9.17) is 17.3 Å². The Morgan fingerprint density at radius 3 is 2.42 bits per heavy atom. The van der Waals surface area contributed by atoms with Crippen molar-refractivity contribution < 1.29 is 27.2 Å². The van der Waals surface area contributed by atoms with Gasteiger partial charge in [0.2, 0.25) is 0 Å². The first-order valence-corrected chi connectivity index (χ1v) is 13.9. The number of alkyl halides is 3. The number of rotatable bonds is 7. The molecule has 0 radical (unpaired) electrons. The molecule has 0 bridgehead atoms. The van der Waals surface area contributed by atoms with Crippen molar-refractivity contribution in [3.05, 3.63) is 71.4 Å². The third-order valence-electron chi connectivity index (χ3n) is 7.36. The van der Waals surface area contributed by atoms with Gasteiger partial charge in [0.15, 0.2) is 5.83 Å². The molecular weight excluding hydrogens is 614 g/mol. The van der Waals surface area contributed by atoms with Crippen molar-refractivity contribution in [1.82, 2.24) is 25.2 Å². The van der Waals surface area contributed by atoms with Crippen molar-refractivity contribution in [3.8, 4) is 34.2 Å². The molecule has 5 rings (SSSR count). The van der Waals surface area contributed by atoms with E-state index in [0.717, 1.165) is 12.8 Å². The molecule has 232 valence electrons. The van der Waals surface area contributed by atoms with Crippen LogP contribution in [0.5, 0.6) is 0 Å². The molecular formula is C31H26ClF4N7O2. The normalized spacial score (nSPS) is 13.6. The van der Waals surface area contributed by atoms with Crippen LogP contribution in [0.4, 0.5) is 29.1 Å². The summed E-state index contributed by atoms with van der Waals surface area (Å²) in [5.74, 6) is 3.46. The van der Waals surface area contributed by atoms with Gasteiger partial charge in [-0.3, -0.25) is 9.59 Å². The van der Waals surface area contributed by atoms with Gasteiger partial charge >= 0.3 is 6.18 Å². The fraction of sp³-hybridized carbons (Fsp3) is 0.226. The lowest BCUT2D eigenvalue weighted by atomic mass is 9.98. The Kier molecular flexibility index (Phi) is 8.31. The highest BCUT2D eigenvalue weighted by atomic mass is 35.5. The molecule has 14 heteroatoms. The number of aryl methyl sites for hydroxylation is 1. The number of amides is 2. The van der Waals surface area contributed by atoms with E-state index in [9.17, 15) is 27.2 Å². The van der Waals surface area contributed by atoms with E-state index in [1.807, 2.05) is 11.6 Å². The lowest BCUT2D eigenvalue weighted by molar-refractivity contribution is -0.123. The minimum absolute atomic E-state index is 0.163. The summed E-state index contributed by atoms with van der Waals surface area (Å²) in [5, 5.41) is 7.71. The van der Waals surface area contributed by atoms with E-state index < -0.39 is 30.4 Å². The lowest BCUT2D eigenvalue weighted by Crippen LogP contribution is -2.34. The summed E-state index contributed by atoms with van der Waals surface area (Å²) < 4.78 is 53.1. The van der Waals surface area contributed by atoms with Crippen LogP contribution in [0.2, 0.25) is 5.02 Å². The van der Waals surface area contributed by atoms with Crippen molar-refractivity contribution in [1.29, 1.82) is 0 Å². The minimum atomic E-state index is -4.62. The summed E-state index contributed by atoms with van der Waals surface area (Å²) in [7, 11) is 3.64. The molecule has 1 saturated carbocycles. The number of aromatic nitrogens is 3. The van der Waals surface area contributed by atoms with Crippen molar-refractivity contribution >= 4 is 45.8 Å². The number of nitrogens with two attached hydrogens (primary N) is 1. The first-order valence-electron chi connectivity index (χ1n) is 13.5. The second-order valence-corrected chi connectivity index (χ2v) is 10.8. The van der Waals surface area contributed by atoms with E-state index in [-0.39, 0.29) is 22.1 Å². The predicted octanol–water partition coefficient (Wildman–Crippen LogP) is 5.36. The number of pyridine rings is 2. The van der Waals surface area contributed by atoms with Gasteiger partial charge in [-0.15, -0.1) is 0 Å². The topological polar surface area (TPSA) is 127 Å². The highest BCUT2D eigenvalue weighted by Gasteiger charge is 2.39. The molecule has 45 heavy (non-hydrogen) atoms. The first-order chi connectivity index (χ1) is 21.2. The van der Waals surface area contributed by atoms with Gasteiger partial charge in [0.05, 0.1) is 32.7 Å². The average Bonchev–Trinajstić information content (AvgIpc) is 3.71.